The highest BCUT2D eigenvalue weighted by atomic mass is 16.6. The number of rotatable bonds is 2. The van der Waals surface area contributed by atoms with Crippen LogP contribution in [0.3, 0.4) is 0 Å². The number of nitro groups is 1. The fourth-order valence-electron chi connectivity index (χ4n) is 0.472. The van der Waals surface area contributed by atoms with Crippen LogP contribution in [0.4, 0.5) is 0 Å². The van der Waals surface area contributed by atoms with Crippen LogP contribution in [0.5, 0.6) is 0 Å². The summed E-state index contributed by atoms with van der Waals surface area (Å²) in [6, 6.07) is 0. The summed E-state index contributed by atoms with van der Waals surface area (Å²) in [5, 5.41) is 9.89. The smallest absolute Gasteiger partial charge is 0.276 e. The van der Waals surface area contributed by atoms with Gasteiger partial charge < -0.3 is 0 Å². The van der Waals surface area contributed by atoms with E-state index < -0.39 is 10.5 Å². The summed E-state index contributed by atoms with van der Waals surface area (Å²) in [7, 11) is 0. The summed E-state index contributed by atoms with van der Waals surface area (Å²) in [5.41, 5.74) is -1.17. The maximum Gasteiger partial charge on any atom is 0.276 e. The molecule has 44 valence electrons. The number of nitrogens with zero attached hydrogens (tertiary/aromatic N) is 1. The van der Waals surface area contributed by atoms with Gasteiger partial charge in [-0.2, -0.15) is 0 Å². The van der Waals surface area contributed by atoms with Gasteiger partial charge in [0.25, 0.3) is 5.54 Å². The molecule has 0 aromatic carbocycles. The molecular weight excluding hydrogens is 110 g/mol. The average Bonchev–Trinajstić information content (AvgIpc) is 2.44. The molecule has 0 aliphatic heterocycles. The zero-order valence-corrected chi connectivity index (χ0v) is 4.16. The first-order valence-electron chi connectivity index (χ1n) is 2.32. The van der Waals surface area contributed by atoms with Crippen LogP contribution in [0.2, 0.25) is 0 Å². The maximum atomic E-state index is 9.89. The van der Waals surface area contributed by atoms with Crippen LogP contribution in [0, 0.1) is 10.1 Å². The van der Waals surface area contributed by atoms with Crippen molar-refractivity contribution in [1.29, 1.82) is 0 Å². The lowest BCUT2D eigenvalue weighted by Crippen LogP contribution is -2.22. The van der Waals surface area contributed by atoms with Crippen molar-refractivity contribution in [2.45, 2.75) is 18.4 Å². The topological polar surface area (TPSA) is 60.2 Å². The van der Waals surface area contributed by atoms with Crippen LogP contribution < -0.4 is 0 Å². The fraction of sp³-hybridized carbons (Fsp3) is 0.750. The van der Waals surface area contributed by atoms with Gasteiger partial charge >= 0.3 is 0 Å². The molecule has 0 radical (unpaired) electrons. The zero-order valence-electron chi connectivity index (χ0n) is 4.16. The van der Waals surface area contributed by atoms with Gasteiger partial charge in [0.15, 0.2) is 6.29 Å². The Balaban J connectivity index is 2.66. The van der Waals surface area contributed by atoms with Crippen LogP contribution >= 0.6 is 0 Å². The highest BCUT2D eigenvalue weighted by Gasteiger charge is 2.56. The van der Waals surface area contributed by atoms with Crippen LogP contribution in [-0.2, 0) is 4.79 Å². The molecular formula is C4H5NO3. The number of carbonyl (C=O) groups is 1. The lowest BCUT2D eigenvalue weighted by Gasteiger charge is -1.92. The van der Waals surface area contributed by atoms with Crippen LogP contribution in [0.15, 0.2) is 0 Å². The summed E-state index contributed by atoms with van der Waals surface area (Å²) < 4.78 is 0. The Kier molecular flexibility index (Phi) is 0.829. The highest BCUT2D eigenvalue weighted by Crippen LogP contribution is 2.35. The molecule has 1 rings (SSSR count). The molecule has 0 aromatic heterocycles. The zero-order chi connectivity index (χ0) is 6.20. The van der Waals surface area contributed by atoms with E-state index in [-0.39, 0.29) is 0 Å². The van der Waals surface area contributed by atoms with E-state index in [1.807, 2.05) is 0 Å². The molecule has 1 saturated carbocycles. The predicted molar refractivity (Wildman–Crippen MR) is 25.0 cm³/mol. The Morgan fingerprint density at radius 3 is 2.12 bits per heavy atom. The van der Waals surface area contributed by atoms with E-state index >= 15 is 0 Å². The Morgan fingerprint density at radius 1 is 1.62 bits per heavy atom. The average molecular weight is 115 g/mol. The minimum absolute atomic E-state index is 0.420. The lowest BCUT2D eigenvalue weighted by molar-refractivity contribution is -0.519. The molecule has 4 nitrogen and oxygen atoms in total. The standard InChI is InChI=1S/C4H5NO3/c6-3-4(1-2-4)5(7)8/h3H,1-2H2. The predicted octanol–water partition coefficient (Wildman–Crippen LogP) is -0.00540. The highest BCUT2D eigenvalue weighted by molar-refractivity contribution is 5.66. The fourth-order valence-corrected chi connectivity index (χ4v) is 0.472. The summed E-state index contributed by atoms with van der Waals surface area (Å²) in [6.07, 6.45) is 1.26. The van der Waals surface area contributed by atoms with Crippen LogP contribution in [0.1, 0.15) is 12.8 Å². The van der Waals surface area contributed by atoms with Gasteiger partial charge in [0.2, 0.25) is 0 Å². The molecule has 8 heavy (non-hydrogen) atoms. The number of hydrogen-bond donors (Lipinski definition) is 0. The second-order valence-corrected chi connectivity index (χ2v) is 1.98. The molecule has 0 aromatic rings. The Labute approximate surface area is 45.6 Å². The normalized spacial score (nSPS) is 22.0. The SMILES string of the molecule is O=CC1([N+](=O)[O-])CC1. The monoisotopic (exact) mass is 115 g/mol. The van der Waals surface area contributed by atoms with Gasteiger partial charge in [-0.25, -0.2) is 0 Å². The van der Waals surface area contributed by atoms with Gasteiger partial charge in [0, 0.05) is 17.8 Å². The van der Waals surface area contributed by atoms with Crippen molar-refractivity contribution < 1.29 is 9.72 Å². The molecule has 0 heterocycles. The molecule has 1 aliphatic rings. The van der Waals surface area contributed by atoms with Gasteiger partial charge in [-0.1, -0.05) is 0 Å². The minimum atomic E-state index is -1.17. The molecule has 1 fully saturated rings. The lowest BCUT2D eigenvalue weighted by atomic mass is 10.3. The van der Waals surface area contributed by atoms with Gasteiger partial charge in [0.05, 0.1) is 0 Å². The van der Waals surface area contributed by atoms with E-state index in [4.69, 9.17) is 0 Å². The van der Waals surface area contributed by atoms with Crippen molar-refractivity contribution in [1.82, 2.24) is 0 Å². The number of carbonyl (C=O) groups excluding carboxylic acids is 1. The molecule has 0 bridgehead atoms. The second kappa shape index (κ2) is 1.27. The van der Waals surface area contributed by atoms with E-state index in [1.165, 1.54) is 0 Å². The molecule has 4 heteroatoms. The Morgan fingerprint density at radius 2 is 2.12 bits per heavy atom. The van der Waals surface area contributed by atoms with Gasteiger partial charge in [-0.3, -0.25) is 14.9 Å². The van der Waals surface area contributed by atoms with Gasteiger partial charge in [0.1, 0.15) is 0 Å². The second-order valence-electron chi connectivity index (χ2n) is 1.98. The van der Waals surface area contributed by atoms with Crippen molar-refractivity contribution in [2.75, 3.05) is 0 Å². The van der Waals surface area contributed by atoms with E-state index in [1.54, 1.807) is 0 Å². The summed E-state index contributed by atoms with van der Waals surface area (Å²) >= 11 is 0. The van der Waals surface area contributed by atoms with Crippen molar-refractivity contribution in [3.05, 3.63) is 10.1 Å². The van der Waals surface area contributed by atoms with Gasteiger partial charge in [-0.05, 0) is 0 Å². The molecule has 0 spiro atoms. The van der Waals surface area contributed by atoms with Gasteiger partial charge in [-0.15, -0.1) is 0 Å². The first kappa shape index (κ1) is 5.21. The molecule has 1 aliphatic carbocycles. The Hall–Kier alpha value is -0.930. The van der Waals surface area contributed by atoms with E-state index in [2.05, 4.69) is 0 Å². The van der Waals surface area contributed by atoms with Crippen molar-refractivity contribution >= 4 is 6.29 Å². The van der Waals surface area contributed by atoms with Crippen molar-refractivity contribution in [3.8, 4) is 0 Å². The van der Waals surface area contributed by atoms with Crippen molar-refractivity contribution in [3.63, 3.8) is 0 Å². The molecule has 0 atom stereocenters. The third kappa shape index (κ3) is 0.492. The molecule has 0 saturated heterocycles. The maximum absolute atomic E-state index is 9.89. The quantitative estimate of drug-likeness (QED) is 0.289. The molecule has 0 amide bonds. The summed E-state index contributed by atoms with van der Waals surface area (Å²) in [4.78, 5) is 19.3. The van der Waals surface area contributed by atoms with Crippen LogP contribution in [0.25, 0.3) is 0 Å². The third-order valence-electron chi connectivity index (χ3n) is 1.35. The van der Waals surface area contributed by atoms with Crippen LogP contribution in [-0.4, -0.2) is 16.7 Å². The Bertz CT molecular complexity index is 138. The van der Waals surface area contributed by atoms with Crippen molar-refractivity contribution in [2.24, 2.45) is 0 Å². The third-order valence-corrected chi connectivity index (χ3v) is 1.35. The van der Waals surface area contributed by atoms with E-state index in [0.717, 1.165) is 0 Å². The number of hydrogen-bond acceptors (Lipinski definition) is 3. The summed E-state index contributed by atoms with van der Waals surface area (Å²) in [5.74, 6) is 0. The van der Waals surface area contributed by atoms with E-state index in [9.17, 15) is 14.9 Å². The molecule has 0 unspecified atom stereocenters. The first-order chi connectivity index (χ1) is 3.71. The van der Waals surface area contributed by atoms with E-state index in [0.29, 0.717) is 19.1 Å². The summed E-state index contributed by atoms with van der Waals surface area (Å²) in [6.45, 7) is 0. The minimum Gasteiger partial charge on any atom is -0.295 e. The number of aldehydes is 1. The first-order valence-corrected chi connectivity index (χ1v) is 2.32. The molecule has 0 N–H and O–H groups in total. The largest absolute Gasteiger partial charge is 0.295 e.